The zero-order valence-corrected chi connectivity index (χ0v) is 10.4. The molecule has 6 nitrogen and oxygen atoms in total. The molecule has 20 heavy (non-hydrogen) atoms. The summed E-state index contributed by atoms with van der Waals surface area (Å²) in [6.45, 7) is 0. The van der Waals surface area contributed by atoms with Gasteiger partial charge in [-0.2, -0.15) is 16.8 Å². The second kappa shape index (κ2) is 7.19. The van der Waals surface area contributed by atoms with Crippen LogP contribution >= 0.6 is 0 Å². The molecule has 2 N–H and O–H groups in total. The summed E-state index contributed by atoms with van der Waals surface area (Å²) in [5.74, 6) is 0. The number of rotatable bonds is 2. The van der Waals surface area contributed by atoms with Gasteiger partial charge in [-0.3, -0.25) is 9.11 Å². The van der Waals surface area contributed by atoms with Crippen LogP contribution in [0.1, 0.15) is 0 Å². The first-order valence-electron chi connectivity index (χ1n) is 4.68. The van der Waals surface area contributed by atoms with Crippen LogP contribution in [0.15, 0.2) is 46.2 Å². The van der Waals surface area contributed by atoms with Gasteiger partial charge in [-0.25, -0.2) is 0 Å². The fourth-order valence-corrected chi connectivity index (χ4v) is 3.12. The standard InChI is InChI=1S/C10H8O6S2.2Na.2H/c11-17(12,13)9-5-1-3-7-8(9)4-2-6-10(7)18(14,15)16;;;;/h1-6H,(H,11,12,13)(H,14,15,16);;;;. The van der Waals surface area contributed by atoms with Crippen molar-refractivity contribution in [3.63, 3.8) is 0 Å². The van der Waals surface area contributed by atoms with Gasteiger partial charge in [-0.05, 0) is 12.1 Å². The molecule has 10 heteroatoms. The second-order valence-corrected chi connectivity index (χ2v) is 6.34. The average Bonchev–Trinajstić information content (AvgIpc) is 2.24. The molecule has 0 radical (unpaired) electrons. The zero-order chi connectivity index (χ0) is 13.6. The van der Waals surface area contributed by atoms with E-state index in [0.717, 1.165) is 12.1 Å². The quantitative estimate of drug-likeness (QED) is 0.592. The van der Waals surface area contributed by atoms with E-state index >= 15 is 0 Å². The predicted molar refractivity (Wildman–Crippen MR) is 77.9 cm³/mol. The van der Waals surface area contributed by atoms with E-state index in [2.05, 4.69) is 0 Å². The molecule has 0 bridgehead atoms. The number of benzene rings is 2. The number of fused-ring (bicyclic) bond motifs is 1. The molecule has 0 atom stereocenters. The maximum absolute atomic E-state index is 11.2. The van der Waals surface area contributed by atoms with Gasteiger partial charge in [-0.15, -0.1) is 0 Å². The molecule has 0 heterocycles. The van der Waals surface area contributed by atoms with Crippen LogP contribution in [0.3, 0.4) is 0 Å². The first-order chi connectivity index (χ1) is 8.21. The van der Waals surface area contributed by atoms with E-state index in [1.165, 1.54) is 24.3 Å². The SMILES string of the molecule is O=S(=O)(O)c1cccc2c(S(=O)(=O)O)cccc12.[NaH].[NaH]. The van der Waals surface area contributed by atoms with E-state index in [1.807, 2.05) is 0 Å². The molecule has 0 unspecified atom stereocenters. The third kappa shape index (κ3) is 4.26. The van der Waals surface area contributed by atoms with Crippen LogP contribution in [0, 0.1) is 0 Å². The van der Waals surface area contributed by atoms with E-state index < -0.39 is 30.0 Å². The van der Waals surface area contributed by atoms with E-state index in [9.17, 15) is 16.8 Å². The van der Waals surface area contributed by atoms with E-state index in [1.54, 1.807) is 0 Å². The van der Waals surface area contributed by atoms with Crippen molar-refractivity contribution in [3.8, 4) is 0 Å². The molecule has 0 aliphatic heterocycles. The van der Waals surface area contributed by atoms with Crippen molar-refractivity contribution in [1.29, 1.82) is 0 Å². The van der Waals surface area contributed by atoms with Crippen molar-refractivity contribution in [3.05, 3.63) is 36.4 Å². The summed E-state index contributed by atoms with van der Waals surface area (Å²) in [6.07, 6.45) is 0. The Hall–Kier alpha value is 0.520. The molecule has 0 aliphatic rings. The van der Waals surface area contributed by atoms with Gasteiger partial charge in [0.05, 0.1) is 0 Å². The van der Waals surface area contributed by atoms with Crippen LogP contribution in [-0.4, -0.2) is 85.1 Å². The monoisotopic (exact) mass is 336 g/mol. The van der Waals surface area contributed by atoms with Crippen LogP contribution in [0.5, 0.6) is 0 Å². The van der Waals surface area contributed by atoms with Crippen molar-refractivity contribution in [2.24, 2.45) is 0 Å². The van der Waals surface area contributed by atoms with Gasteiger partial charge < -0.3 is 0 Å². The summed E-state index contributed by atoms with van der Waals surface area (Å²) in [6, 6.07) is 7.53. The minimum atomic E-state index is -4.47. The summed E-state index contributed by atoms with van der Waals surface area (Å²) in [5, 5.41) is 0.0465. The van der Waals surface area contributed by atoms with E-state index in [0.29, 0.717) is 0 Å². The van der Waals surface area contributed by atoms with Crippen molar-refractivity contribution < 1.29 is 25.9 Å². The van der Waals surface area contributed by atoms with Gasteiger partial charge in [0, 0.05) is 10.8 Å². The number of hydrogen-bond acceptors (Lipinski definition) is 4. The Kier molecular flexibility index (Phi) is 7.37. The zero-order valence-electron chi connectivity index (χ0n) is 8.81. The Morgan fingerprint density at radius 1 is 0.650 bits per heavy atom. The van der Waals surface area contributed by atoms with Gasteiger partial charge in [0.2, 0.25) is 0 Å². The van der Waals surface area contributed by atoms with Crippen LogP contribution in [0.2, 0.25) is 0 Å². The first-order valence-corrected chi connectivity index (χ1v) is 7.56. The molecule has 0 aromatic heterocycles. The predicted octanol–water partition coefficient (Wildman–Crippen LogP) is 0.0362. The van der Waals surface area contributed by atoms with Gasteiger partial charge in [0.15, 0.2) is 0 Å². The fraction of sp³-hybridized carbons (Fsp3) is 0. The summed E-state index contributed by atoms with van der Waals surface area (Å²) in [4.78, 5) is -0.823. The first kappa shape index (κ1) is 20.5. The molecular formula is C10H10Na2O6S2. The average molecular weight is 336 g/mol. The van der Waals surface area contributed by atoms with Crippen LogP contribution in [0.25, 0.3) is 10.8 Å². The van der Waals surface area contributed by atoms with Crippen molar-refractivity contribution in [2.75, 3.05) is 0 Å². The van der Waals surface area contributed by atoms with Gasteiger partial charge in [0.1, 0.15) is 9.79 Å². The minimum absolute atomic E-state index is 0. The molecule has 2 rings (SSSR count). The summed E-state index contributed by atoms with van der Waals surface area (Å²) >= 11 is 0. The van der Waals surface area contributed by atoms with Gasteiger partial charge >= 0.3 is 59.1 Å². The molecule has 0 amide bonds. The molecular weight excluding hydrogens is 326 g/mol. The number of hydrogen-bond donors (Lipinski definition) is 2. The van der Waals surface area contributed by atoms with Crippen molar-refractivity contribution in [1.82, 2.24) is 0 Å². The van der Waals surface area contributed by atoms with Crippen LogP contribution in [-0.2, 0) is 20.2 Å². The molecule has 0 saturated heterocycles. The maximum atomic E-state index is 11.2. The Labute approximate surface area is 160 Å². The fourth-order valence-electron chi connectivity index (χ4n) is 1.70. The van der Waals surface area contributed by atoms with Gasteiger partial charge in [0.25, 0.3) is 20.2 Å². The second-order valence-electron chi connectivity index (χ2n) is 3.56. The normalized spacial score (nSPS) is 11.5. The Balaban J connectivity index is 0.00000180. The molecule has 0 aliphatic carbocycles. The summed E-state index contributed by atoms with van der Waals surface area (Å²) in [5.41, 5.74) is 0. The Morgan fingerprint density at radius 3 is 1.20 bits per heavy atom. The molecule has 0 fully saturated rings. The topological polar surface area (TPSA) is 109 Å². The van der Waals surface area contributed by atoms with E-state index in [-0.39, 0.29) is 69.9 Å². The molecule has 0 spiro atoms. The Bertz CT molecular complexity index is 759. The molecule has 100 valence electrons. The summed E-state index contributed by atoms with van der Waals surface area (Å²) < 4.78 is 62.7. The molecule has 2 aromatic rings. The Morgan fingerprint density at radius 2 is 0.950 bits per heavy atom. The third-order valence-electron chi connectivity index (χ3n) is 2.40. The molecule has 2 aromatic carbocycles. The third-order valence-corrected chi connectivity index (χ3v) is 4.22. The van der Waals surface area contributed by atoms with Crippen molar-refractivity contribution in [2.45, 2.75) is 9.79 Å². The van der Waals surface area contributed by atoms with Crippen LogP contribution < -0.4 is 0 Å². The summed E-state index contributed by atoms with van der Waals surface area (Å²) in [7, 11) is -8.94. The van der Waals surface area contributed by atoms with E-state index in [4.69, 9.17) is 9.11 Å². The van der Waals surface area contributed by atoms with Crippen LogP contribution in [0.4, 0.5) is 0 Å². The van der Waals surface area contributed by atoms with Gasteiger partial charge in [-0.1, -0.05) is 24.3 Å². The molecule has 0 saturated carbocycles. The van der Waals surface area contributed by atoms with Crippen molar-refractivity contribution >= 4 is 90.1 Å².